The van der Waals surface area contributed by atoms with Gasteiger partial charge in [-0.25, -0.2) is 24.3 Å². The van der Waals surface area contributed by atoms with E-state index in [1.54, 1.807) is 6.07 Å². The monoisotopic (exact) mass is 481 g/mol. The molecular formula is C28H28FN7. The van der Waals surface area contributed by atoms with Gasteiger partial charge in [-0.2, -0.15) is 5.10 Å². The first kappa shape index (κ1) is 23.5. The standard InChI is InChI=1S/C28H28FN7/c1-16(2)36-15-21(14-30-36)19-8-7-9-20(12-19)27-33-25(23-11-10-22(35(5)6)13-24(23)29)26-28(34-27)32-18(4)17(3)31-26/h7-16H,1-6H3. The maximum Gasteiger partial charge on any atom is 0.182 e. The molecule has 5 aromatic rings. The molecule has 0 atom stereocenters. The summed E-state index contributed by atoms with van der Waals surface area (Å²) in [4.78, 5) is 20.8. The van der Waals surface area contributed by atoms with Gasteiger partial charge < -0.3 is 4.90 Å². The molecule has 0 aliphatic heterocycles. The lowest BCUT2D eigenvalue weighted by molar-refractivity contribution is 0.532. The van der Waals surface area contributed by atoms with Gasteiger partial charge in [0.15, 0.2) is 11.5 Å². The lowest BCUT2D eigenvalue weighted by Gasteiger charge is -2.15. The van der Waals surface area contributed by atoms with Crippen molar-refractivity contribution < 1.29 is 4.39 Å². The molecule has 36 heavy (non-hydrogen) atoms. The van der Waals surface area contributed by atoms with E-state index >= 15 is 4.39 Å². The van der Waals surface area contributed by atoms with Crippen LogP contribution >= 0.6 is 0 Å². The molecule has 5 rings (SSSR count). The molecule has 7 nitrogen and oxygen atoms in total. The number of fused-ring (bicyclic) bond motifs is 1. The van der Waals surface area contributed by atoms with Crippen LogP contribution in [0.25, 0.3) is 44.9 Å². The second kappa shape index (κ2) is 9.11. The zero-order chi connectivity index (χ0) is 25.6. The molecule has 0 radical (unpaired) electrons. The van der Waals surface area contributed by atoms with E-state index in [0.717, 1.165) is 33.8 Å². The maximum atomic E-state index is 15.3. The quantitative estimate of drug-likeness (QED) is 0.306. The van der Waals surface area contributed by atoms with Crippen LogP contribution in [-0.4, -0.2) is 43.8 Å². The number of aromatic nitrogens is 6. The highest BCUT2D eigenvalue weighted by molar-refractivity contribution is 5.89. The smallest absolute Gasteiger partial charge is 0.182 e. The van der Waals surface area contributed by atoms with Crippen LogP contribution in [0.4, 0.5) is 10.1 Å². The highest BCUT2D eigenvalue weighted by Crippen LogP contribution is 2.32. The summed E-state index contributed by atoms with van der Waals surface area (Å²) < 4.78 is 17.3. The number of aryl methyl sites for hydroxylation is 2. The number of nitrogens with zero attached hydrogens (tertiary/aromatic N) is 7. The summed E-state index contributed by atoms with van der Waals surface area (Å²) in [5.41, 5.74) is 6.81. The number of hydrogen-bond donors (Lipinski definition) is 0. The van der Waals surface area contributed by atoms with Gasteiger partial charge in [0.1, 0.15) is 17.0 Å². The minimum Gasteiger partial charge on any atom is -0.378 e. The Balaban J connectivity index is 1.69. The highest BCUT2D eigenvalue weighted by Gasteiger charge is 2.19. The predicted molar refractivity (Wildman–Crippen MR) is 141 cm³/mol. The topological polar surface area (TPSA) is 72.6 Å². The predicted octanol–water partition coefficient (Wildman–Crippen LogP) is 6.02. The second-order valence-corrected chi connectivity index (χ2v) is 9.40. The fourth-order valence-corrected chi connectivity index (χ4v) is 4.01. The molecule has 3 aromatic heterocycles. The van der Waals surface area contributed by atoms with Crippen LogP contribution in [0.1, 0.15) is 31.3 Å². The van der Waals surface area contributed by atoms with Gasteiger partial charge in [-0.15, -0.1) is 0 Å². The third-order valence-electron chi connectivity index (χ3n) is 6.25. The van der Waals surface area contributed by atoms with E-state index in [4.69, 9.17) is 15.0 Å². The summed E-state index contributed by atoms with van der Waals surface area (Å²) in [6.07, 6.45) is 3.88. The summed E-state index contributed by atoms with van der Waals surface area (Å²) in [6, 6.07) is 13.3. The molecule has 2 aromatic carbocycles. The minimum absolute atomic E-state index is 0.271. The lowest BCUT2D eigenvalue weighted by atomic mass is 10.0. The van der Waals surface area contributed by atoms with E-state index in [1.807, 2.05) is 80.3 Å². The van der Waals surface area contributed by atoms with Crippen molar-refractivity contribution in [2.45, 2.75) is 33.7 Å². The van der Waals surface area contributed by atoms with E-state index in [9.17, 15) is 0 Å². The van der Waals surface area contributed by atoms with E-state index in [2.05, 4.69) is 23.9 Å². The van der Waals surface area contributed by atoms with Gasteiger partial charge in [-0.05, 0) is 57.5 Å². The molecule has 3 heterocycles. The molecule has 0 saturated carbocycles. The Morgan fingerprint density at radius 2 is 1.61 bits per heavy atom. The van der Waals surface area contributed by atoms with Gasteiger partial charge in [0.2, 0.25) is 0 Å². The average Bonchev–Trinajstić information content (AvgIpc) is 3.35. The summed E-state index contributed by atoms with van der Waals surface area (Å²) in [7, 11) is 3.75. The summed E-state index contributed by atoms with van der Waals surface area (Å²) in [6.45, 7) is 7.95. The van der Waals surface area contributed by atoms with Crippen LogP contribution < -0.4 is 4.90 Å². The molecule has 0 N–H and O–H groups in total. The normalized spacial score (nSPS) is 11.4. The third kappa shape index (κ3) is 4.30. The Hall–Kier alpha value is -4.20. The zero-order valence-electron chi connectivity index (χ0n) is 21.3. The van der Waals surface area contributed by atoms with Crippen molar-refractivity contribution >= 4 is 16.9 Å². The molecule has 0 aliphatic rings. The number of benzene rings is 2. The zero-order valence-corrected chi connectivity index (χ0v) is 21.3. The third-order valence-corrected chi connectivity index (χ3v) is 6.25. The Morgan fingerprint density at radius 1 is 0.861 bits per heavy atom. The largest absolute Gasteiger partial charge is 0.378 e. The summed E-state index contributed by atoms with van der Waals surface area (Å²) in [5.74, 6) is 0.0891. The van der Waals surface area contributed by atoms with Crippen molar-refractivity contribution in [3.05, 3.63) is 72.1 Å². The molecular weight excluding hydrogens is 453 g/mol. The van der Waals surface area contributed by atoms with Crippen LogP contribution in [0, 0.1) is 19.7 Å². The van der Waals surface area contributed by atoms with Gasteiger partial charge in [-0.1, -0.05) is 18.2 Å². The molecule has 0 unspecified atom stereocenters. The van der Waals surface area contributed by atoms with Crippen LogP contribution in [0.3, 0.4) is 0 Å². The Labute approximate surface area is 209 Å². The molecule has 8 heteroatoms. The lowest BCUT2D eigenvalue weighted by Crippen LogP contribution is -2.09. The maximum absolute atomic E-state index is 15.3. The van der Waals surface area contributed by atoms with Crippen molar-refractivity contribution in [3.8, 4) is 33.8 Å². The fourth-order valence-electron chi connectivity index (χ4n) is 4.01. The van der Waals surface area contributed by atoms with Crippen LogP contribution in [0.15, 0.2) is 54.9 Å². The molecule has 0 fully saturated rings. The fraction of sp³-hybridized carbons (Fsp3) is 0.250. The molecule has 0 aliphatic carbocycles. The summed E-state index contributed by atoms with van der Waals surface area (Å²) >= 11 is 0. The van der Waals surface area contributed by atoms with Crippen LogP contribution in [0.5, 0.6) is 0 Å². The van der Waals surface area contributed by atoms with E-state index in [-0.39, 0.29) is 11.9 Å². The van der Waals surface area contributed by atoms with E-state index in [0.29, 0.717) is 28.2 Å². The second-order valence-electron chi connectivity index (χ2n) is 9.40. The molecule has 0 saturated heterocycles. The van der Waals surface area contributed by atoms with Gasteiger partial charge in [-0.3, -0.25) is 4.68 Å². The van der Waals surface area contributed by atoms with Crippen molar-refractivity contribution in [1.82, 2.24) is 29.7 Å². The van der Waals surface area contributed by atoms with Gasteiger partial charge in [0.05, 0.1) is 17.6 Å². The molecule has 0 amide bonds. The molecule has 0 spiro atoms. The Bertz CT molecular complexity index is 1590. The van der Waals surface area contributed by atoms with Crippen molar-refractivity contribution in [2.75, 3.05) is 19.0 Å². The van der Waals surface area contributed by atoms with Gasteiger partial charge >= 0.3 is 0 Å². The first-order valence-electron chi connectivity index (χ1n) is 11.9. The highest BCUT2D eigenvalue weighted by atomic mass is 19.1. The Morgan fingerprint density at radius 3 is 2.31 bits per heavy atom. The molecule has 0 bridgehead atoms. The van der Waals surface area contributed by atoms with E-state index < -0.39 is 0 Å². The number of anilines is 1. The van der Waals surface area contributed by atoms with Crippen LogP contribution in [-0.2, 0) is 0 Å². The van der Waals surface area contributed by atoms with Crippen molar-refractivity contribution in [2.24, 2.45) is 0 Å². The molecule has 182 valence electrons. The Kier molecular flexibility index (Phi) is 5.96. The van der Waals surface area contributed by atoms with Crippen molar-refractivity contribution in [3.63, 3.8) is 0 Å². The number of rotatable bonds is 5. The SMILES string of the molecule is Cc1nc2nc(-c3cccc(-c4cnn(C(C)C)c4)c3)nc(-c3ccc(N(C)C)cc3F)c2nc1C. The average molecular weight is 482 g/mol. The number of halogens is 1. The van der Waals surface area contributed by atoms with Crippen molar-refractivity contribution in [1.29, 1.82) is 0 Å². The first-order valence-corrected chi connectivity index (χ1v) is 11.9. The van der Waals surface area contributed by atoms with Crippen LogP contribution in [0.2, 0.25) is 0 Å². The first-order chi connectivity index (χ1) is 17.2. The minimum atomic E-state index is -0.373. The van der Waals surface area contributed by atoms with Gasteiger partial charge in [0, 0.05) is 48.7 Å². The number of hydrogen-bond acceptors (Lipinski definition) is 6. The van der Waals surface area contributed by atoms with E-state index in [1.165, 1.54) is 6.07 Å². The van der Waals surface area contributed by atoms with Gasteiger partial charge in [0.25, 0.3) is 0 Å². The summed E-state index contributed by atoms with van der Waals surface area (Å²) in [5, 5.41) is 4.46.